The second-order valence-electron chi connectivity index (χ2n) is 5.94. The molecule has 4 aromatic rings. The lowest BCUT2D eigenvalue weighted by Crippen LogP contribution is -2.14. The van der Waals surface area contributed by atoms with Crippen LogP contribution in [-0.4, -0.2) is 30.8 Å². The summed E-state index contributed by atoms with van der Waals surface area (Å²) in [5, 5.41) is 2.81. The Kier molecular flexibility index (Phi) is 4.21. The first kappa shape index (κ1) is 16.6. The highest BCUT2D eigenvalue weighted by Gasteiger charge is 2.11. The minimum absolute atomic E-state index is 0.206. The van der Waals surface area contributed by atoms with E-state index in [4.69, 9.17) is 0 Å². The molecule has 8 heteroatoms. The maximum absolute atomic E-state index is 12.5. The molecule has 27 heavy (non-hydrogen) atoms. The van der Waals surface area contributed by atoms with Crippen LogP contribution in [0.15, 0.2) is 53.6 Å². The first-order chi connectivity index (χ1) is 13.1. The first-order valence-electron chi connectivity index (χ1n) is 8.44. The zero-order chi connectivity index (χ0) is 18.8. The predicted octanol–water partition coefficient (Wildman–Crippen LogP) is 2.52. The molecule has 3 aromatic heterocycles. The average Bonchev–Trinajstić information content (AvgIpc) is 3.15. The Morgan fingerprint density at radius 2 is 2.04 bits per heavy atom. The highest BCUT2D eigenvalue weighted by molar-refractivity contribution is 6.03. The van der Waals surface area contributed by atoms with Crippen molar-refractivity contribution >= 4 is 22.8 Å². The minimum Gasteiger partial charge on any atom is -0.343 e. The molecule has 1 amide bonds. The Bertz CT molecular complexity index is 1190. The molecule has 4 rings (SSSR count). The van der Waals surface area contributed by atoms with Gasteiger partial charge in [0, 0.05) is 23.0 Å². The van der Waals surface area contributed by atoms with E-state index in [1.807, 2.05) is 13.0 Å². The van der Waals surface area contributed by atoms with E-state index in [1.165, 1.54) is 12.4 Å². The van der Waals surface area contributed by atoms with Gasteiger partial charge in [0.15, 0.2) is 5.65 Å². The fourth-order valence-corrected chi connectivity index (χ4v) is 2.71. The van der Waals surface area contributed by atoms with Crippen molar-refractivity contribution < 1.29 is 4.79 Å². The number of aromatic nitrogens is 5. The standard InChI is InChI=1S/C19H16N6O2/c1-2-12-9-16(26)25-17(22-12)11-4-3-5-13(8-11)23-19(27)15-7-6-14-18(24-15)21-10-20-14/h3-10H,2H2,1H3,(H,23,27)(H,20,21,24)(H,22,25,26). The van der Waals surface area contributed by atoms with Crippen molar-refractivity contribution in [1.82, 2.24) is 24.9 Å². The average molecular weight is 360 g/mol. The monoisotopic (exact) mass is 360 g/mol. The van der Waals surface area contributed by atoms with Crippen LogP contribution in [0.2, 0.25) is 0 Å². The van der Waals surface area contributed by atoms with E-state index < -0.39 is 0 Å². The molecule has 3 heterocycles. The van der Waals surface area contributed by atoms with Gasteiger partial charge in [0.25, 0.3) is 11.5 Å². The van der Waals surface area contributed by atoms with Crippen LogP contribution in [0.1, 0.15) is 23.1 Å². The van der Waals surface area contributed by atoms with Crippen molar-refractivity contribution in [3.05, 3.63) is 70.5 Å². The SMILES string of the molecule is CCc1cc(=O)[nH]c(-c2cccc(NC(=O)c3ccc4[nH]cnc4n3)c2)n1. The summed E-state index contributed by atoms with van der Waals surface area (Å²) >= 11 is 0. The van der Waals surface area contributed by atoms with Gasteiger partial charge < -0.3 is 15.3 Å². The number of hydrogen-bond acceptors (Lipinski definition) is 5. The molecule has 0 aliphatic heterocycles. The number of imidazole rings is 1. The topological polar surface area (TPSA) is 116 Å². The van der Waals surface area contributed by atoms with Gasteiger partial charge in [-0.25, -0.2) is 15.0 Å². The second kappa shape index (κ2) is 6.83. The Morgan fingerprint density at radius 3 is 2.89 bits per heavy atom. The summed E-state index contributed by atoms with van der Waals surface area (Å²) < 4.78 is 0. The fraction of sp³-hybridized carbons (Fsp3) is 0.105. The summed E-state index contributed by atoms with van der Waals surface area (Å²) in [7, 11) is 0. The van der Waals surface area contributed by atoms with Crippen LogP contribution in [0.4, 0.5) is 5.69 Å². The number of nitrogens with zero attached hydrogens (tertiary/aromatic N) is 3. The molecule has 3 N–H and O–H groups in total. The maximum Gasteiger partial charge on any atom is 0.274 e. The van der Waals surface area contributed by atoms with Gasteiger partial charge >= 0.3 is 0 Å². The number of fused-ring (bicyclic) bond motifs is 1. The van der Waals surface area contributed by atoms with Crippen molar-refractivity contribution in [2.24, 2.45) is 0 Å². The summed E-state index contributed by atoms with van der Waals surface area (Å²) in [4.78, 5) is 42.7. The van der Waals surface area contributed by atoms with Crippen LogP contribution in [-0.2, 0) is 6.42 Å². The van der Waals surface area contributed by atoms with Crippen molar-refractivity contribution in [1.29, 1.82) is 0 Å². The Labute approximate surface area is 153 Å². The molecule has 0 spiro atoms. The van der Waals surface area contributed by atoms with Crippen LogP contribution in [0, 0.1) is 0 Å². The van der Waals surface area contributed by atoms with Gasteiger partial charge in [-0.05, 0) is 30.7 Å². The third-order valence-electron chi connectivity index (χ3n) is 4.07. The Hall–Kier alpha value is -3.81. The lowest BCUT2D eigenvalue weighted by Gasteiger charge is -2.08. The predicted molar refractivity (Wildman–Crippen MR) is 102 cm³/mol. The molecule has 8 nitrogen and oxygen atoms in total. The summed E-state index contributed by atoms with van der Waals surface area (Å²) in [6.45, 7) is 1.94. The highest BCUT2D eigenvalue weighted by Crippen LogP contribution is 2.19. The second-order valence-corrected chi connectivity index (χ2v) is 5.94. The molecule has 0 unspecified atom stereocenters. The number of rotatable bonds is 4. The number of amides is 1. The first-order valence-corrected chi connectivity index (χ1v) is 8.44. The van der Waals surface area contributed by atoms with Crippen LogP contribution < -0.4 is 10.9 Å². The number of hydrogen-bond donors (Lipinski definition) is 3. The Morgan fingerprint density at radius 1 is 1.15 bits per heavy atom. The number of carbonyl (C=O) groups excluding carboxylic acids is 1. The van der Waals surface area contributed by atoms with Gasteiger partial charge in [-0.3, -0.25) is 9.59 Å². The normalized spacial score (nSPS) is 10.9. The number of anilines is 1. The number of pyridine rings is 1. The van der Waals surface area contributed by atoms with E-state index in [1.54, 1.807) is 30.3 Å². The third kappa shape index (κ3) is 3.45. The molecule has 0 bridgehead atoms. The van der Waals surface area contributed by atoms with E-state index in [0.29, 0.717) is 34.8 Å². The molecule has 0 aliphatic rings. The lowest BCUT2D eigenvalue weighted by molar-refractivity contribution is 0.102. The number of nitrogens with one attached hydrogen (secondary N) is 3. The van der Waals surface area contributed by atoms with Crippen LogP contribution in [0.25, 0.3) is 22.6 Å². The van der Waals surface area contributed by atoms with E-state index >= 15 is 0 Å². The number of H-pyrrole nitrogens is 2. The summed E-state index contributed by atoms with van der Waals surface area (Å²) in [5.74, 6) is 0.118. The van der Waals surface area contributed by atoms with Gasteiger partial charge in [-0.1, -0.05) is 19.1 Å². The number of aromatic amines is 2. The van der Waals surface area contributed by atoms with E-state index in [9.17, 15) is 9.59 Å². The molecule has 0 radical (unpaired) electrons. The lowest BCUT2D eigenvalue weighted by atomic mass is 10.1. The number of benzene rings is 1. The van der Waals surface area contributed by atoms with Gasteiger partial charge in [0.05, 0.1) is 11.8 Å². The van der Waals surface area contributed by atoms with Crippen molar-refractivity contribution in [2.45, 2.75) is 13.3 Å². The smallest absolute Gasteiger partial charge is 0.274 e. The van der Waals surface area contributed by atoms with Crippen LogP contribution >= 0.6 is 0 Å². The van der Waals surface area contributed by atoms with E-state index in [0.717, 1.165) is 5.52 Å². The molecule has 1 aromatic carbocycles. The molecular formula is C19H16N6O2. The third-order valence-corrected chi connectivity index (χ3v) is 4.07. The zero-order valence-electron chi connectivity index (χ0n) is 14.5. The minimum atomic E-state index is -0.346. The summed E-state index contributed by atoms with van der Waals surface area (Å²) in [5.41, 5.74) is 3.29. The van der Waals surface area contributed by atoms with Gasteiger partial charge in [-0.2, -0.15) is 0 Å². The van der Waals surface area contributed by atoms with E-state index in [-0.39, 0.29) is 17.2 Å². The van der Waals surface area contributed by atoms with Gasteiger partial charge in [0.1, 0.15) is 11.5 Å². The fourth-order valence-electron chi connectivity index (χ4n) is 2.71. The molecule has 0 saturated carbocycles. The molecule has 0 saturated heterocycles. The Balaban J connectivity index is 1.61. The molecule has 0 atom stereocenters. The summed E-state index contributed by atoms with van der Waals surface area (Å²) in [6, 6.07) is 12.0. The molecular weight excluding hydrogens is 344 g/mol. The molecule has 134 valence electrons. The van der Waals surface area contributed by atoms with Crippen LogP contribution in [0.3, 0.4) is 0 Å². The van der Waals surface area contributed by atoms with Gasteiger partial charge in [-0.15, -0.1) is 0 Å². The van der Waals surface area contributed by atoms with Gasteiger partial charge in [0.2, 0.25) is 0 Å². The zero-order valence-corrected chi connectivity index (χ0v) is 14.5. The summed E-state index contributed by atoms with van der Waals surface area (Å²) in [6.07, 6.45) is 2.19. The quantitative estimate of drug-likeness (QED) is 0.517. The van der Waals surface area contributed by atoms with Crippen molar-refractivity contribution in [2.75, 3.05) is 5.32 Å². The molecule has 0 aliphatic carbocycles. The van der Waals surface area contributed by atoms with Crippen LogP contribution in [0.5, 0.6) is 0 Å². The highest BCUT2D eigenvalue weighted by atomic mass is 16.2. The van der Waals surface area contributed by atoms with E-state index in [2.05, 4.69) is 30.2 Å². The van der Waals surface area contributed by atoms with Crippen molar-refractivity contribution in [3.63, 3.8) is 0 Å². The number of aryl methyl sites for hydroxylation is 1. The molecule has 0 fully saturated rings. The largest absolute Gasteiger partial charge is 0.343 e. The number of carbonyl (C=O) groups is 1. The van der Waals surface area contributed by atoms with Crippen molar-refractivity contribution in [3.8, 4) is 11.4 Å². The maximum atomic E-state index is 12.5.